The number of amides is 1. The number of ether oxygens (including phenoxy) is 3. The number of nitrogens with zero attached hydrogens (tertiary/aromatic N) is 1. The molecule has 13 heteroatoms. The molecule has 1 amide bonds. The predicted octanol–water partition coefficient (Wildman–Crippen LogP) is 6.44. The summed E-state index contributed by atoms with van der Waals surface area (Å²) in [5.74, 6) is -0.256. The van der Waals surface area contributed by atoms with E-state index in [1.165, 1.54) is 6.07 Å². The van der Waals surface area contributed by atoms with Gasteiger partial charge < -0.3 is 19.1 Å². The highest BCUT2D eigenvalue weighted by Crippen LogP contribution is 2.37. The Morgan fingerprint density at radius 2 is 1.67 bits per heavy atom. The molecule has 1 aromatic carbocycles. The zero-order valence-corrected chi connectivity index (χ0v) is 20.1. The van der Waals surface area contributed by atoms with Gasteiger partial charge in [-0.15, -0.1) is 0 Å². The number of carbonyl (C=O) groups is 2. The minimum absolute atomic E-state index is 0.00954. The van der Waals surface area contributed by atoms with Gasteiger partial charge in [0.25, 0.3) is 6.10 Å². The molecule has 1 aliphatic heterocycles. The summed E-state index contributed by atoms with van der Waals surface area (Å²) in [7, 11) is 0. The number of esters is 1. The fourth-order valence-electron chi connectivity index (χ4n) is 4.15. The van der Waals surface area contributed by atoms with Crippen LogP contribution in [0.3, 0.4) is 0 Å². The summed E-state index contributed by atoms with van der Waals surface area (Å²) in [6.07, 6.45) is -13.7. The van der Waals surface area contributed by atoms with Crippen molar-refractivity contribution < 1.29 is 50.1 Å². The van der Waals surface area contributed by atoms with E-state index in [1.807, 2.05) is 0 Å². The highest BCUT2D eigenvalue weighted by molar-refractivity contribution is 6.30. The summed E-state index contributed by atoms with van der Waals surface area (Å²) in [5.41, 5.74) is -0.289. The van der Waals surface area contributed by atoms with Crippen molar-refractivity contribution in [1.82, 2.24) is 4.90 Å². The molecule has 3 rings (SSSR count). The summed E-state index contributed by atoms with van der Waals surface area (Å²) < 4.78 is 91.4. The summed E-state index contributed by atoms with van der Waals surface area (Å²) in [4.78, 5) is 25.2. The fraction of sp³-hybridized carbons (Fsp3) is 0.652. The Kier molecular flexibility index (Phi) is 8.70. The third-order valence-corrected chi connectivity index (χ3v) is 6.63. The Morgan fingerprint density at radius 1 is 1.08 bits per heavy atom. The molecule has 2 fully saturated rings. The van der Waals surface area contributed by atoms with Crippen LogP contribution in [0.15, 0.2) is 18.2 Å². The maximum Gasteiger partial charge on any atom is 0.434 e. The molecule has 202 valence electrons. The van der Waals surface area contributed by atoms with Crippen LogP contribution in [-0.4, -0.2) is 54.1 Å². The molecule has 0 atom stereocenters. The van der Waals surface area contributed by atoms with Crippen molar-refractivity contribution in [1.29, 1.82) is 0 Å². The van der Waals surface area contributed by atoms with E-state index in [4.69, 9.17) is 21.1 Å². The van der Waals surface area contributed by atoms with Gasteiger partial charge in [-0.05, 0) is 44.7 Å². The molecule has 0 bridgehead atoms. The summed E-state index contributed by atoms with van der Waals surface area (Å²) >= 11 is 6.05. The van der Waals surface area contributed by atoms with E-state index in [9.17, 15) is 35.9 Å². The molecule has 0 N–H and O–H groups in total. The van der Waals surface area contributed by atoms with E-state index < -0.39 is 30.2 Å². The Morgan fingerprint density at radius 3 is 2.22 bits per heavy atom. The largest absolute Gasteiger partial charge is 0.434 e. The lowest BCUT2D eigenvalue weighted by molar-refractivity contribution is -0.308. The molecule has 6 nitrogen and oxygen atoms in total. The molecule has 36 heavy (non-hydrogen) atoms. The number of hydrogen-bond acceptors (Lipinski definition) is 5. The number of alkyl halides is 6. The molecule has 0 spiro atoms. The van der Waals surface area contributed by atoms with E-state index in [-0.39, 0.29) is 50.2 Å². The second-order valence-corrected chi connectivity index (χ2v) is 9.66. The number of hydrogen-bond donors (Lipinski definition) is 0. The van der Waals surface area contributed by atoms with Crippen LogP contribution < -0.4 is 4.74 Å². The summed E-state index contributed by atoms with van der Waals surface area (Å²) in [6.45, 7) is 1.39. The molecule has 1 saturated heterocycles. The third kappa shape index (κ3) is 7.41. The number of likely N-dealkylation sites (tertiary alicyclic amines) is 1. The van der Waals surface area contributed by atoms with Gasteiger partial charge in [0.1, 0.15) is 5.75 Å². The van der Waals surface area contributed by atoms with Gasteiger partial charge in [0, 0.05) is 23.7 Å². The number of benzene rings is 1. The van der Waals surface area contributed by atoms with Crippen LogP contribution in [0.1, 0.15) is 51.0 Å². The maximum atomic E-state index is 12.7. The standard InChI is InChI=1S/C23H26ClF6NO5/c1-21(8-10-31(11-9-21)20(33)36-19(22(25,26)27)23(28,29)30)34-13-15-6-7-16(24)12-17(15)35-18(32)14-4-2-3-5-14/h6-7,12,14,19H,2-5,8-11,13H2,1H3. The Bertz CT molecular complexity index is 926. The van der Waals surface area contributed by atoms with E-state index in [2.05, 4.69) is 4.74 Å². The van der Waals surface area contributed by atoms with Crippen LogP contribution >= 0.6 is 11.6 Å². The predicted molar refractivity (Wildman–Crippen MR) is 115 cm³/mol. The van der Waals surface area contributed by atoms with E-state index in [0.717, 1.165) is 30.6 Å². The topological polar surface area (TPSA) is 65.1 Å². The minimum atomic E-state index is -5.78. The van der Waals surface area contributed by atoms with Crippen molar-refractivity contribution >= 4 is 23.7 Å². The zero-order chi connectivity index (χ0) is 26.7. The number of rotatable bonds is 6. The van der Waals surface area contributed by atoms with E-state index in [0.29, 0.717) is 10.6 Å². The normalized spacial score (nSPS) is 19.0. The lowest BCUT2D eigenvalue weighted by atomic mass is 9.93. The lowest BCUT2D eigenvalue weighted by Gasteiger charge is -2.39. The number of piperidine rings is 1. The quantitative estimate of drug-likeness (QED) is 0.234. The van der Waals surface area contributed by atoms with Crippen molar-refractivity contribution in [2.75, 3.05) is 13.1 Å². The molecule has 1 saturated carbocycles. The van der Waals surface area contributed by atoms with E-state index in [1.54, 1.807) is 19.1 Å². The van der Waals surface area contributed by atoms with Gasteiger partial charge in [0.2, 0.25) is 0 Å². The average Bonchev–Trinajstić information content (AvgIpc) is 3.31. The van der Waals surface area contributed by atoms with Crippen LogP contribution in [0.4, 0.5) is 31.1 Å². The molecule has 1 aromatic rings. The van der Waals surface area contributed by atoms with E-state index >= 15 is 0 Å². The van der Waals surface area contributed by atoms with Gasteiger partial charge in [-0.3, -0.25) is 4.79 Å². The van der Waals surface area contributed by atoms with Gasteiger partial charge in [-0.1, -0.05) is 30.5 Å². The summed E-state index contributed by atoms with van der Waals surface area (Å²) in [6, 6.07) is 4.75. The van der Waals surface area contributed by atoms with Crippen molar-refractivity contribution in [3.8, 4) is 5.75 Å². The molecule has 0 aromatic heterocycles. The van der Waals surface area contributed by atoms with Crippen molar-refractivity contribution in [2.45, 2.75) is 76.1 Å². The van der Waals surface area contributed by atoms with Gasteiger partial charge >= 0.3 is 24.4 Å². The monoisotopic (exact) mass is 545 g/mol. The first-order chi connectivity index (χ1) is 16.7. The molecule has 2 aliphatic rings. The lowest BCUT2D eigenvalue weighted by Crippen LogP contribution is -2.51. The highest BCUT2D eigenvalue weighted by atomic mass is 35.5. The van der Waals surface area contributed by atoms with Gasteiger partial charge in [0.15, 0.2) is 0 Å². The van der Waals surface area contributed by atoms with Crippen molar-refractivity contribution in [3.63, 3.8) is 0 Å². The second kappa shape index (κ2) is 11.0. The molecule has 0 unspecified atom stereocenters. The summed E-state index contributed by atoms with van der Waals surface area (Å²) in [5, 5.41) is 0.363. The van der Waals surface area contributed by atoms with Gasteiger partial charge in [-0.25, -0.2) is 4.79 Å². The molecular formula is C23H26ClF6NO5. The maximum absolute atomic E-state index is 12.7. The average molecular weight is 546 g/mol. The first-order valence-electron chi connectivity index (χ1n) is 11.4. The molecular weight excluding hydrogens is 520 g/mol. The molecule has 0 radical (unpaired) electrons. The van der Waals surface area contributed by atoms with Crippen LogP contribution in [0, 0.1) is 5.92 Å². The SMILES string of the molecule is CC1(OCc2ccc(Cl)cc2OC(=O)C2CCCC2)CCN(C(=O)OC(C(F)(F)F)C(F)(F)F)CC1. The van der Waals surface area contributed by atoms with Crippen LogP contribution in [0.2, 0.25) is 5.02 Å². The first-order valence-corrected chi connectivity index (χ1v) is 11.8. The fourth-order valence-corrected chi connectivity index (χ4v) is 4.31. The number of halogens is 7. The van der Waals surface area contributed by atoms with Gasteiger partial charge in [0.05, 0.1) is 18.1 Å². The van der Waals surface area contributed by atoms with Crippen LogP contribution in [0.5, 0.6) is 5.75 Å². The minimum Gasteiger partial charge on any atom is -0.426 e. The molecule has 1 aliphatic carbocycles. The van der Waals surface area contributed by atoms with Crippen molar-refractivity contribution in [2.24, 2.45) is 5.92 Å². The third-order valence-electron chi connectivity index (χ3n) is 6.40. The second-order valence-electron chi connectivity index (χ2n) is 9.23. The molecule has 1 heterocycles. The Balaban J connectivity index is 1.57. The zero-order valence-electron chi connectivity index (χ0n) is 19.4. The van der Waals surface area contributed by atoms with Crippen molar-refractivity contribution in [3.05, 3.63) is 28.8 Å². The Labute approximate surface area is 208 Å². The first kappa shape index (κ1) is 28.4. The Hall–Kier alpha value is -2.21. The highest BCUT2D eigenvalue weighted by Gasteiger charge is 2.60. The smallest absolute Gasteiger partial charge is 0.426 e. The number of carbonyl (C=O) groups excluding carboxylic acids is 2. The van der Waals surface area contributed by atoms with Gasteiger partial charge in [-0.2, -0.15) is 26.3 Å². The van der Waals surface area contributed by atoms with Crippen LogP contribution in [-0.2, 0) is 20.9 Å². The van der Waals surface area contributed by atoms with Crippen LogP contribution in [0.25, 0.3) is 0 Å².